The highest BCUT2D eigenvalue weighted by atomic mass is 16.5. The first-order chi connectivity index (χ1) is 11.6. The van der Waals surface area contributed by atoms with E-state index in [-0.39, 0.29) is 5.84 Å². The van der Waals surface area contributed by atoms with Gasteiger partial charge in [0.25, 0.3) is 0 Å². The van der Waals surface area contributed by atoms with Gasteiger partial charge in [-0.15, -0.1) is 0 Å². The molecule has 5 nitrogen and oxygen atoms in total. The molecule has 0 saturated heterocycles. The lowest BCUT2D eigenvalue weighted by atomic mass is 10.1. The number of aryl methyl sites for hydroxylation is 1. The summed E-state index contributed by atoms with van der Waals surface area (Å²) in [7, 11) is 0. The summed E-state index contributed by atoms with van der Waals surface area (Å²) in [5.41, 5.74) is 7.24. The van der Waals surface area contributed by atoms with Gasteiger partial charge < -0.3 is 21.1 Å². The van der Waals surface area contributed by atoms with Crippen LogP contribution in [0.25, 0.3) is 0 Å². The summed E-state index contributed by atoms with van der Waals surface area (Å²) >= 11 is 0. The van der Waals surface area contributed by atoms with Gasteiger partial charge in [0.2, 0.25) is 0 Å². The quantitative estimate of drug-likeness (QED) is 0.239. The molecule has 0 saturated carbocycles. The van der Waals surface area contributed by atoms with E-state index in [0.717, 1.165) is 49.5 Å². The Morgan fingerprint density at radius 3 is 2.38 bits per heavy atom. The molecule has 0 atom stereocenters. The molecule has 5 heteroatoms. The molecule has 0 bridgehead atoms. The fraction of sp³-hybridized carbons (Fsp3) is 0.632. The summed E-state index contributed by atoms with van der Waals surface area (Å²) in [6, 6.07) is 5.61. The number of amidine groups is 1. The molecule has 1 aromatic carbocycles. The number of nitrogens with one attached hydrogen (secondary N) is 3. The monoisotopic (exact) mass is 334 g/mol. The van der Waals surface area contributed by atoms with Crippen LogP contribution in [0.5, 0.6) is 5.75 Å². The number of hydrogen-bond donors (Lipinski definition) is 4. The third kappa shape index (κ3) is 8.89. The zero-order valence-corrected chi connectivity index (χ0v) is 15.3. The van der Waals surface area contributed by atoms with E-state index in [2.05, 4.69) is 17.6 Å². The Kier molecular flexibility index (Phi) is 10.9. The van der Waals surface area contributed by atoms with E-state index in [9.17, 15) is 0 Å². The van der Waals surface area contributed by atoms with Crippen LogP contribution in [-0.2, 0) is 0 Å². The minimum Gasteiger partial charge on any atom is -0.493 e. The number of benzene rings is 1. The fourth-order valence-electron chi connectivity index (χ4n) is 2.46. The predicted molar refractivity (Wildman–Crippen MR) is 102 cm³/mol. The molecule has 5 N–H and O–H groups in total. The van der Waals surface area contributed by atoms with Crippen LogP contribution in [-0.4, -0.2) is 38.6 Å². The van der Waals surface area contributed by atoms with Crippen molar-refractivity contribution in [3.05, 3.63) is 29.3 Å². The maximum atomic E-state index is 7.43. The van der Waals surface area contributed by atoms with Crippen molar-refractivity contribution in [2.45, 2.75) is 46.0 Å². The number of nitrogens with two attached hydrogens (primary N) is 1. The molecule has 0 radical (unpaired) electrons. The predicted octanol–water partition coefficient (Wildman–Crippen LogP) is 2.81. The van der Waals surface area contributed by atoms with Gasteiger partial charge in [0.15, 0.2) is 0 Å². The van der Waals surface area contributed by atoms with Crippen LogP contribution in [0.4, 0.5) is 0 Å². The fourth-order valence-corrected chi connectivity index (χ4v) is 2.46. The minimum atomic E-state index is 0.0906. The maximum Gasteiger partial charge on any atom is 0.122 e. The lowest BCUT2D eigenvalue weighted by molar-refractivity contribution is 0.306. The molecule has 24 heavy (non-hydrogen) atoms. The first-order valence-corrected chi connectivity index (χ1v) is 9.14. The van der Waals surface area contributed by atoms with Crippen LogP contribution < -0.4 is 21.1 Å². The van der Waals surface area contributed by atoms with Crippen molar-refractivity contribution in [2.24, 2.45) is 5.73 Å². The Labute approximate surface area is 146 Å². The van der Waals surface area contributed by atoms with E-state index in [0.29, 0.717) is 6.61 Å². The normalized spacial score (nSPS) is 10.8. The second kappa shape index (κ2) is 12.8. The smallest absolute Gasteiger partial charge is 0.122 e. The van der Waals surface area contributed by atoms with Gasteiger partial charge in [0.1, 0.15) is 11.6 Å². The Morgan fingerprint density at radius 1 is 1.04 bits per heavy atom. The molecule has 1 aromatic rings. The Morgan fingerprint density at radius 2 is 1.75 bits per heavy atom. The van der Waals surface area contributed by atoms with Gasteiger partial charge in [0, 0.05) is 18.7 Å². The second-order valence-electron chi connectivity index (χ2n) is 6.16. The van der Waals surface area contributed by atoms with Gasteiger partial charge in [0.05, 0.1) is 6.61 Å². The van der Waals surface area contributed by atoms with Crippen LogP contribution in [0, 0.1) is 12.3 Å². The summed E-state index contributed by atoms with van der Waals surface area (Å²) in [5, 5.41) is 14.3. The van der Waals surface area contributed by atoms with Crippen molar-refractivity contribution in [1.82, 2.24) is 10.6 Å². The van der Waals surface area contributed by atoms with Gasteiger partial charge in [-0.3, -0.25) is 5.41 Å². The van der Waals surface area contributed by atoms with E-state index >= 15 is 0 Å². The SMILES string of the molecule is CCCCCCNCCNCCCOc1ccc(C(=N)N)cc1C. The minimum absolute atomic E-state index is 0.0906. The number of rotatable bonds is 14. The highest BCUT2D eigenvalue weighted by molar-refractivity contribution is 5.95. The van der Waals surface area contributed by atoms with E-state index in [1.165, 1.54) is 25.7 Å². The topological polar surface area (TPSA) is 83.2 Å². The number of hydrogen-bond acceptors (Lipinski definition) is 4. The average molecular weight is 335 g/mol. The van der Waals surface area contributed by atoms with Crippen molar-refractivity contribution in [3.8, 4) is 5.75 Å². The first-order valence-electron chi connectivity index (χ1n) is 9.14. The molecule has 1 rings (SSSR count). The van der Waals surface area contributed by atoms with Gasteiger partial charge in [-0.1, -0.05) is 26.2 Å². The van der Waals surface area contributed by atoms with Crippen LogP contribution >= 0.6 is 0 Å². The van der Waals surface area contributed by atoms with Crippen LogP contribution in [0.1, 0.15) is 50.2 Å². The van der Waals surface area contributed by atoms with Gasteiger partial charge in [-0.25, -0.2) is 0 Å². The summed E-state index contributed by atoms with van der Waals surface area (Å²) in [4.78, 5) is 0. The number of unbranched alkanes of at least 4 members (excludes halogenated alkanes) is 3. The third-order valence-corrected chi connectivity index (χ3v) is 3.93. The van der Waals surface area contributed by atoms with Crippen LogP contribution in [0.3, 0.4) is 0 Å². The molecule has 0 aliphatic heterocycles. The lowest BCUT2D eigenvalue weighted by Crippen LogP contribution is -2.29. The molecular formula is C19H34N4O. The molecule has 0 aliphatic carbocycles. The lowest BCUT2D eigenvalue weighted by Gasteiger charge is -2.11. The zero-order chi connectivity index (χ0) is 17.6. The molecule has 0 unspecified atom stereocenters. The summed E-state index contributed by atoms with van der Waals surface area (Å²) in [6.07, 6.45) is 6.23. The summed E-state index contributed by atoms with van der Waals surface area (Å²) < 4.78 is 5.79. The largest absolute Gasteiger partial charge is 0.493 e. The van der Waals surface area contributed by atoms with Crippen LogP contribution in [0.2, 0.25) is 0 Å². The van der Waals surface area contributed by atoms with Crippen molar-refractivity contribution in [3.63, 3.8) is 0 Å². The molecule has 0 aromatic heterocycles. The summed E-state index contributed by atoms with van der Waals surface area (Å²) in [5.74, 6) is 0.960. The molecule has 0 fully saturated rings. The van der Waals surface area contributed by atoms with Crippen molar-refractivity contribution in [2.75, 3.05) is 32.8 Å². The van der Waals surface area contributed by atoms with Crippen molar-refractivity contribution >= 4 is 5.84 Å². The van der Waals surface area contributed by atoms with E-state index in [4.69, 9.17) is 15.9 Å². The van der Waals surface area contributed by atoms with Gasteiger partial charge in [-0.2, -0.15) is 0 Å². The van der Waals surface area contributed by atoms with E-state index in [1.807, 2.05) is 25.1 Å². The number of nitrogen functional groups attached to an aromatic ring is 1. The zero-order valence-electron chi connectivity index (χ0n) is 15.3. The summed E-state index contributed by atoms with van der Waals surface area (Å²) in [6.45, 7) is 9.02. The van der Waals surface area contributed by atoms with Gasteiger partial charge >= 0.3 is 0 Å². The van der Waals surface area contributed by atoms with Crippen molar-refractivity contribution in [1.29, 1.82) is 5.41 Å². The van der Waals surface area contributed by atoms with Gasteiger partial charge in [-0.05, 0) is 56.6 Å². The standard InChI is InChI=1S/C19H34N4O/c1-3-4-5-6-10-22-12-13-23-11-7-14-24-18-9-8-17(19(20)21)15-16(18)2/h8-9,15,22-23H,3-7,10-14H2,1-2H3,(H3,20,21). The highest BCUT2D eigenvalue weighted by Gasteiger charge is 2.03. The molecule has 136 valence electrons. The van der Waals surface area contributed by atoms with Crippen LogP contribution in [0.15, 0.2) is 18.2 Å². The van der Waals surface area contributed by atoms with E-state index in [1.54, 1.807) is 0 Å². The average Bonchev–Trinajstić information content (AvgIpc) is 2.57. The molecular weight excluding hydrogens is 300 g/mol. The number of ether oxygens (including phenoxy) is 1. The Bertz CT molecular complexity index is 476. The highest BCUT2D eigenvalue weighted by Crippen LogP contribution is 2.19. The second-order valence-corrected chi connectivity index (χ2v) is 6.16. The molecule has 0 aliphatic rings. The molecule has 0 heterocycles. The Hall–Kier alpha value is -1.59. The van der Waals surface area contributed by atoms with E-state index < -0.39 is 0 Å². The maximum absolute atomic E-state index is 7.43. The van der Waals surface area contributed by atoms with Crippen molar-refractivity contribution < 1.29 is 4.74 Å². The Balaban J connectivity index is 2.00. The molecule has 0 amide bonds. The first kappa shape index (κ1) is 20.5. The third-order valence-electron chi connectivity index (χ3n) is 3.93. The molecule has 0 spiro atoms.